The SMILES string of the molecule is COc1ccc(CN2Cc3ccccc3OC3(CCOCC3)C2)c(OC)c1. The predicted octanol–water partition coefficient (Wildman–Crippen LogP) is 3.65. The molecule has 4 rings (SSSR count). The van der Waals surface area contributed by atoms with Gasteiger partial charge < -0.3 is 18.9 Å². The van der Waals surface area contributed by atoms with E-state index < -0.39 is 0 Å². The smallest absolute Gasteiger partial charge is 0.127 e. The molecule has 2 aliphatic heterocycles. The Morgan fingerprint density at radius 1 is 1.04 bits per heavy atom. The Kier molecular flexibility index (Phi) is 5.23. The van der Waals surface area contributed by atoms with Crippen molar-refractivity contribution >= 4 is 0 Å². The second kappa shape index (κ2) is 7.79. The van der Waals surface area contributed by atoms with E-state index in [4.69, 9.17) is 18.9 Å². The Morgan fingerprint density at radius 2 is 1.85 bits per heavy atom. The monoisotopic (exact) mass is 369 g/mol. The van der Waals surface area contributed by atoms with E-state index in [1.807, 2.05) is 18.2 Å². The van der Waals surface area contributed by atoms with Gasteiger partial charge in [0.05, 0.1) is 27.4 Å². The first kappa shape index (κ1) is 18.1. The van der Waals surface area contributed by atoms with Gasteiger partial charge in [0.15, 0.2) is 0 Å². The van der Waals surface area contributed by atoms with Crippen molar-refractivity contribution in [1.29, 1.82) is 0 Å². The summed E-state index contributed by atoms with van der Waals surface area (Å²) in [4.78, 5) is 2.46. The van der Waals surface area contributed by atoms with Crippen molar-refractivity contribution in [3.05, 3.63) is 53.6 Å². The molecule has 0 amide bonds. The first-order valence-corrected chi connectivity index (χ1v) is 9.49. The Labute approximate surface area is 160 Å². The Morgan fingerprint density at radius 3 is 2.63 bits per heavy atom. The summed E-state index contributed by atoms with van der Waals surface area (Å²) in [6.45, 7) is 4.03. The number of hydrogen-bond donors (Lipinski definition) is 0. The first-order valence-electron chi connectivity index (χ1n) is 9.49. The third-order valence-electron chi connectivity index (χ3n) is 5.50. The molecular formula is C22H27NO4. The van der Waals surface area contributed by atoms with Crippen LogP contribution in [0.15, 0.2) is 42.5 Å². The normalized spacial score (nSPS) is 19.0. The maximum atomic E-state index is 6.57. The molecule has 5 nitrogen and oxygen atoms in total. The van der Waals surface area contributed by atoms with E-state index in [1.54, 1.807) is 14.2 Å². The number of hydrogen-bond acceptors (Lipinski definition) is 5. The fourth-order valence-electron chi connectivity index (χ4n) is 4.04. The van der Waals surface area contributed by atoms with E-state index in [0.29, 0.717) is 0 Å². The van der Waals surface area contributed by atoms with Crippen molar-refractivity contribution < 1.29 is 18.9 Å². The third kappa shape index (κ3) is 3.89. The van der Waals surface area contributed by atoms with Crippen molar-refractivity contribution in [2.45, 2.75) is 31.5 Å². The lowest BCUT2D eigenvalue weighted by Crippen LogP contribution is -2.49. The van der Waals surface area contributed by atoms with Gasteiger partial charge in [-0.05, 0) is 12.1 Å². The minimum Gasteiger partial charge on any atom is -0.497 e. The highest BCUT2D eigenvalue weighted by molar-refractivity contribution is 5.41. The number of para-hydroxylation sites is 1. The van der Waals surface area contributed by atoms with Gasteiger partial charge in [0.2, 0.25) is 0 Å². The summed E-state index contributed by atoms with van der Waals surface area (Å²) in [7, 11) is 3.38. The first-order chi connectivity index (χ1) is 13.2. The third-order valence-corrected chi connectivity index (χ3v) is 5.50. The van der Waals surface area contributed by atoms with Crippen LogP contribution in [0.3, 0.4) is 0 Å². The van der Waals surface area contributed by atoms with Gasteiger partial charge in [-0.15, -0.1) is 0 Å². The quantitative estimate of drug-likeness (QED) is 0.823. The van der Waals surface area contributed by atoms with Gasteiger partial charge in [0.1, 0.15) is 22.8 Å². The van der Waals surface area contributed by atoms with Crippen LogP contribution in [-0.4, -0.2) is 44.5 Å². The molecule has 0 aliphatic carbocycles. The zero-order valence-electron chi connectivity index (χ0n) is 16.1. The number of ether oxygens (including phenoxy) is 4. The summed E-state index contributed by atoms with van der Waals surface area (Å²) in [6.07, 6.45) is 1.83. The van der Waals surface area contributed by atoms with E-state index in [9.17, 15) is 0 Å². The van der Waals surface area contributed by atoms with Crippen LogP contribution in [0, 0.1) is 0 Å². The zero-order chi connectivity index (χ0) is 18.7. The molecule has 0 unspecified atom stereocenters. The molecule has 0 radical (unpaired) electrons. The number of rotatable bonds is 4. The van der Waals surface area contributed by atoms with Gasteiger partial charge in [-0.1, -0.05) is 24.3 Å². The van der Waals surface area contributed by atoms with Crippen molar-refractivity contribution in [3.8, 4) is 17.2 Å². The lowest BCUT2D eigenvalue weighted by atomic mass is 9.93. The van der Waals surface area contributed by atoms with Gasteiger partial charge >= 0.3 is 0 Å². The van der Waals surface area contributed by atoms with E-state index in [1.165, 1.54) is 5.56 Å². The van der Waals surface area contributed by atoms with Gasteiger partial charge in [-0.25, -0.2) is 0 Å². The van der Waals surface area contributed by atoms with E-state index >= 15 is 0 Å². The maximum Gasteiger partial charge on any atom is 0.127 e. The summed E-state index contributed by atoms with van der Waals surface area (Å²) >= 11 is 0. The second-order valence-electron chi connectivity index (χ2n) is 7.33. The summed E-state index contributed by atoms with van der Waals surface area (Å²) < 4.78 is 23.1. The van der Waals surface area contributed by atoms with Crippen LogP contribution in [-0.2, 0) is 17.8 Å². The molecule has 144 valence electrons. The average Bonchev–Trinajstić information content (AvgIpc) is 2.84. The number of benzene rings is 2. The molecule has 2 aromatic carbocycles. The summed E-state index contributed by atoms with van der Waals surface area (Å²) in [5, 5.41) is 0. The molecule has 2 heterocycles. The summed E-state index contributed by atoms with van der Waals surface area (Å²) in [6, 6.07) is 14.4. The summed E-state index contributed by atoms with van der Waals surface area (Å²) in [5.74, 6) is 2.67. The lowest BCUT2D eigenvalue weighted by Gasteiger charge is -2.39. The van der Waals surface area contributed by atoms with Gasteiger partial charge in [0, 0.05) is 49.7 Å². The standard InChI is InChI=1S/C22H27NO4/c1-24-19-8-7-18(21(13-19)25-2)15-23-14-17-5-3-4-6-20(17)27-22(16-23)9-11-26-12-10-22/h3-8,13H,9-12,14-16H2,1-2H3. The van der Waals surface area contributed by atoms with Crippen molar-refractivity contribution in [1.82, 2.24) is 4.90 Å². The van der Waals surface area contributed by atoms with Crippen molar-refractivity contribution in [3.63, 3.8) is 0 Å². The molecule has 5 heteroatoms. The molecule has 1 fully saturated rings. The minimum atomic E-state index is -0.190. The fourth-order valence-corrected chi connectivity index (χ4v) is 4.04. The van der Waals surface area contributed by atoms with Crippen LogP contribution < -0.4 is 14.2 Å². The number of fused-ring (bicyclic) bond motifs is 1. The topological polar surface area (TPSA) is 40.2 Å². The summed E-state index contributed by atoms with van der Waals surface area (Å²) in [5.41, 5.74) is 2.19. The van der Waals surface area contributed by atoms with Crippen molar-refractivity contribution in [2.75, 3.05) is 34.0 Å². The van der Waals surface area contributed by atoms with Gasteiger partial charge in [-0.2, -0.15) is 0 Å². The molecule has 1 spiro atoms. The molecule has 27 heavy (non-hydrogen) atoms. The van der Waals surface area contributed by atoms with Crippen LogP contribution in [0.4, 0.5) is 0 Å². The predicted molar refractivity (Wildman–Crippen MR) is 104 cm³/mol. The molecule has 2 aliphatic rings. The number of methoxy groups -OCH3 is 2. The minimum absolute atomic E-state index is 0.190. The second-order valence-corrected chi connectivity index (χ2v) is 7.33. The highest BCUT2D eigenvalue weighted by Gasteiger charge is 2.39. The van der Waals surface area contributed by atoms with E-state index in [-0.39, 0.29) is 5.60 Å². The highest BCUT2D eigenvalue weighted by atomic mass is 16.5. The Bertz CT molecular complexity index is 786. The molecule has 1 saturated heterocycles. The lowest BCUT2D eigenvalue weighted by molar-refractivity contribution is -0.0594. The van der Waals surface area contributed by atoms with E-state index in [2.05, 4.69) is 29.2 Å². The van der Waals surface area contributed by atoms with Crippen molar-refractivity contribution in [2.24, 2.45) is 0 Å². The van der Waals surface area contributed by atoms with Crippen LogP contribution in [0.1, 0.15) is 24.0 Å². The molecule has 0 N–H and O–H groups in total. The zero-order valence-corrected chi connectivity index (χ0v) is 16.1. The van der Waals surface area contributed by atoms with Crippen LogP contribution in [0.5, 0.6) is 17.2 Å². The fraction of sp³-hybridized carbons (Fsp3) is 0.455. The van der Waals surface area contributed by atoms with Crippen LogP contribution >= 0.6 is 0 Å². The van der Waals surface area contributed by atoms with E-state index in [0.717, 1.165) is 68.5 Å². The highest BCUT2D eigenvalue weighted by Crippen LogP contribution is 2.36. The molecule has 0 bridgehead atoms. The van der Waals surface area contributed by atoms with Crippen LogP contribution in [0.25, 0.3) is 0 Å². The Hall–Kier alpha value is -2.24. The van der Waals surface area contributed by atoms with Gasteiger partial charge in [0.25, 0.3) is 0 Å². The molecule has 0 atom stereocenters. The molecule has 0 saturated carbocycles. The molecule has 0 aromatic heterocycles. The molecule has 2 aromatic rings. The average molecular weight is 369 g/mol. The maximum absolute atomic E-state index is 6.57. The van der Waals surface area contributed by atoms with Crippen LogP contribution in [0.2, 0.25) is 0 Å². The van der Waals surface area contributed by atoms with Gasteiger partial charge in [-0.3, -0.25) is 4.90 Å². The Balaban J connectivity index is 1.63. The molecular weight excluding hydrogens is 342 g/mol. The largest absolute Gasteiger partial charge is 0.497 e. The number of nitrogens with zero attached hydrogens (tertiary/aromatic N) is 1.